The lowest BCUT2D eigenvalue weighted by atomic mass is 9.95. The predicted molar refractivity (Wildman–Crippen MR) is 65.7 cm³/mol. The van der Waals surface area contributed by atoms with E-state index in [0.29, 0.717) is 25.7 Å². The van der Waals surface area contributed by atoms with Gasteiger partial charge in [0.15, 0.2) is 0 Å². The maximum Gasteiger partial charge on any atom is 0.248 e. The number of piperidine rings is 1. The maximum absolute atomic E-state index is 11.8. The lowest BCUT2D eigenvalue weighted by Gasteiger charge is -2.32. The zero-order valence-corrected chi connectivity index (χ0v) is 10.7. The molecule has 5 heteroatoms. The number of carbonyl (C=O) groups excluding carboxylic acids is 1. The van der Waals surface area contributed by atoms with Crippen molar-refractivity contribution in [2.75, 3.05) is 46.6 Å². The van der Waals surface area contributed by atoms with Gasteiger partial charge < -0.3 is 20.1 Å². The van der Waals surface area contributed by atoms with Crippen LogP contribution in [0, 0.1) is 5.92 Å². The van der Waals surface area contributed by atoms with E-state index >= 15 is 0 Å². The Morgan fingerprint density at radius 1 is 1.47 bits per heavy atom. The number of amides is 1. The summed E-state index contributed by atoms with van der Waals surface area (Å²) in [4.78, 5) is 13.7. The Bertz CT molecular complexity index is 222. The molecule has 1 atom stereocenters. The highest BCUT2D eigenvalue weighted by molar-refractivity contribution is 5.77. The van der Waals surface area contributed by atoms with Crippen molar-refractivity contribution in [2.45, 2.75) is 19.3 Å². The second kappa shape index (κ2) is 8.44. The minimum Gasteiger partial charge on any atom is -0.382 e. The molecule has 1 unspecified atom stereocenters. The average molecular weight is 244 g/mol. The van der Waals surface area contributed by atoms with Gasteiger partial charge in [0.2, 0.25) is 5.91 Å². The number of hydrogen-bond acceptors (Lipinski definition) is 4. The van der Waals surface area contributed by atoms with E-state index in [2.05, 4.69) is 0 Å². The van der Waals surface area contributed by atoms with E-state index in [-0.39, 0.29) is 12.5 Å². The fourth-order valence-corrected chi connectivity index (χ4v) is 2.16. The Hall–Kier alpha value is -0.650. The molecule has 1 aliphatic heterocycles. The van der Waals surface area contributed by atoms with Gasteiger partial charge in [-0.1, -0.05) is 0 Å². The van der Waals surface area contributed by atoms with Crippen LogP contribution < -0.4 is 5.73 Å². The van der Waals surface area contributed by atoms with Gasteiger partial charge in [-0.15, -0.1) is 0 Å². The molecule has 0 aliphatic carbocycles. The third-order valence-corrected chi connectivity index (χ3v) is 3.10. The number of carbonyl (C=O) groups is 1. The summed E-state index contributed by atoms with van der Waals surface area (Å²) in [6.45, 7) is 3.57. The number of hydrogen-bond donors (Lipinski definition) is 1. The highest BCUT2D eigenvalue weighted by Crippen LogP contribution is 2.18. The largest absolute Gasteiger partial charge is 0.382 e. The van der Waals surface area contributed by atoms with Gasteiger partial charge in [-0.2, -0.15) is 0 Å². The topological polar surface area (TPSA) is 64.8 Å². The summed E-state index contributed by atoms with van der Waals surface area (Å²) in [5, 5.41) is 0. The van der Waals surface area contributed by atoms with Gasteiger partial charge in [-0.3, -0.25) is 4.79 Å². The summed E-state index contributed by atoms with van der Waals surface area (Å²) >= 11 is 0. The quantitative estimate of drug-likeness (QED) is 0.651. The van der Waals surface area contributed by atoms with Crippen LogP contribution in [0.15, 0.2) is 0 Å². The fourth-order valence-electron chi connectivity index (χ4n) is 2.16. The predicted octanol–water partition coefficient (Wildman–Crippen LogP) is 0.237. The first-order chi connectivity index (χ1) is 8.27. The molecular weight excluding hydrogens is 220 g/mol. The lowest BCUT2D eigenvalue weighted by Crippen LogP contribution is -2.42. The van der Waals surface area contributed by atoms with E-state index in [0.717, 1.165) is 25.9 Å². The van der Waals surface area contributed by atoms with E-state index in [4.69, 9.17) is 15.2 Å². The van der Waals surface area contributed by atoms with Gasteiger partial charge in [0.25, 0.3) is 0 Å². The Kier molecular flexibility index (Phi) is 7.16. The molecule has 0 radical (unpaired) electrons. The number of methoxy groups -OCH3 is 1. The van der Waals surface area contributed by atoms with Crippen LogP contribution in [0.5, 0.6) is 0 Å². The van der Waals surface area contributed by atoms with Gasteiger partial charge in [-0.05, 0) is 31.7 Å². The normalized spacial score (nSPS) is 20.6. The molecule has 0 aromatic heterocycles. The molecule has 2 N–H and O–H groups in total. The Labute approximate surface area is 103 Å². The molecule has 0 aromatic rings. The summed E-state index contributed by atoms with van der Waals surface area (Å²) in [5.74, 6) is 0.652. The van der Waals surface area contributed by atoms with Crippen LogP contribution in [0.1, 0.15) is 19.3 Å². The van der Waals surface area contributed by atoms with Crippen molar-refractivity contribution in [3.63, 3.8) is 0 Å². The minimum atomic E-state index is 0.0859. The highest BCUT2D eigenvalue weighted by atomic mass is 16.5. The molecule has 0 spiro atoms. The van der Waals surface area contributed by atoms with E-state index in [1.54, 1.807) is 7.11 Å². The third kappa shape index (κ3) is 5.48. The number of likely N-dealkylation sites (tertiary alicyclic amines) is 1. The standard InChI is InChI=1S/C12H24N2O3/c1-16-7-8-17-10-12(15)14-6-2-3-11(9-14)4-5-13/h11H,2-10,13H2,1H3. The average Bonchev–Trinajstić information content (AvgIpc) is 2.35. The maximum atomic E-state index is 11.8. The van der Waals surface area contributed by atoms with Gasteiger partial charge in [0.1, 0.15) is 6.61 Å². The molecule has 17 heavy (non-hydrogen) atoms. The number of rotatable bonds is 7. The van der Waals surface area contributed by atoms with Crippen LogP contribution in [0.25, 0.3) is 0 Å². The molecule has 0 saturated carbocycles. The third-order valence-electron chi connectivity index (χ3n) is 3.10. The van der Waals surface area contributed by atoms with Crippen molar-refractivity contribution in [3.05, 3.63) is 0 Å². The summed E-state index contributed by atoms with van der Waals surface area (Å²) in [6, 6.07) is 0. The number of nitrogens with two attached hydrogens (primary N) is 1. The van der Waals surface area contributed by atoms with Crippen molar-refractivity contribution in [3.8, 4) is 0 Å². The summed E-state index contributed by atoms with van der Waals surface area (Å²) in [5.41, 5.74) is 5.55. The van der Waals surface area contributed by atoms with Gasteiger partial charge >= 0.3 is 0 Å². The van der Waals surface area contributed by atoms with Crippen LogP contribution >= 0.6 is 0 Å². The second-order valence-electron chi connectivity index (χ2n) is 4.47. The van der Waals surface area contributed by atoms with Crippen LogP contribution in [0.4, 0.5) is 0 Å². The van der Waals surface area contributed by atoms with Crippen molar-refractivity contribution in [1.82, 2.24) is 4.90 Å². The molecular formula is C12H24N2O3. The van der Waals surface area contributed by atoms with E-state index in [1.165, 1.54) is 6.42 Å². The molecule has 0 aromatic carbocycles. The van der Waals surface area contributed by atoms with Crippen molar-refractivity contribution in [2.24, 2.45) is 11.7 Å². The summed E-state index contributed by atoms with van der Waals surface area (Å²) in [6.07, 6.45) is 3.27. The van der Waals surface area contributed by atoms with Crippen LogP contribution in [-0.4, -0.2) is 57.4 Å². The zero-order chi connectivity index (χ0) is 12.5. The van der Waals surface area contributed by atoms with Crippen molar-refractivity contribution >= 4 is 5.91 Å². The Morgan fingerprint density at radius 2 is 2.29 bits per heavy atom. The second-order valence-corrected chi connectivity index (χ2v) is 4.47. The Balaban J connectivity index is 2.21. The smallest absolute Gasteiger partial charge is 0.248 e. The summed E-state index contributed by atoms with van der Waals surface area (Å²) < 4.78 is 10.1. The molecule has 100 valence electrons. The SMILES string of the molecule is COCCOCC(=O)N1CCCC(CCN)C1. The van der Waals surface area contributed by atoms with Crippen LogP contribution in [-0.2, 0) is 14.3 Å². The van der Waals surface area contributed by atoms with E-state index in [9.17, 15) is 4.79 Å². The molecule has 5 nitrogen and oxygen atoms in total. The molecule has 1 heterocycles. The number of nitrogens with zero attached hydrogens (tertiary/aromatic N) is 1. The van der Waals surface area contributed by atoms with Crippen molar-refractivity contribution < 1.29 is 14.3 Å². The van der Waals surface area contributed by atoms with Gasteiger partial charge in [-0.25, -0.2) is 0 Å². The zero-order valence-electron chi connectivity index (χ0n) is 10.7. The van der Waals surface area contributed by atoms with E-state index < -0.39 is 0 Å². The first-order valence-corrected chi connectivity index (χ1v) is 6.32. The first kappa shape index (κ1) is 14.4. The molecule has 1 aliphatic rings. The van der Waals surface area contributed by atoms with Crippen LogP contribution in [0.3, 0.4) is 0 Å². The minimum absolute atomic E-state index is 0.0859. The lowest BCUT2D eigenvalue weighted by molar-refractivity contribution is -0.138. The van der Waals surface area contributed by atoms with Crippen LogP contribution in [0.2, 0.25) is 0 Å². The molecule has 1 amide bonds. The Morgan fingerprint density at radius 3 is 3.00 bits per heavy atom. The van der Waals surface area contributed by atoms with Gasteiger partial charge in [0.05, 0.1) is 13.2 Å². The molecule has 1 fully saturated rings. The first-order valence-electron chi connectivity index (χ1n) is 6.32. The molecule has 1 saturated heterocycles. The molecule has 1 rings (SSSR count). The van der Waals surface area contributed by atoms with Gasteiger partial charge in [0, 0.05) is 20.2 Å². The molecule has 0 bridgehead atoms. The summed E-state index contributed by atoms with van der Waals surface area (Å²) in [7, 11) is 1.62. The highest BCUT2D eigenvalue weighted by Gasteiger charge is 2.22. The number of ether oxygens (including phenoxy) is 2. The van der Waals surface area contributed by atoms with E-state index in [1.807, 2.05) is 4.90 Å². The van der Waals surface area contributed by atoms with Crippen molar-refractivity contribution in [1.29, 1.82) is 0 Å². The monoisotopic (exact) mass is 244 g/mol. The fraction of sp³-hybridized carbons (Fsp3) is 0.917.